The zero-order valence-corrected chi connectivity index (χ0v) is 12.2. The van der Waals surface area contributed by atoms with Gasteiger partial charge in [0.15, 0.2) is 5.82 Å². The summed E-state index contributed by atoms with van der Waals surface area (Å²) in [5, 5.41) is 13.4. The van der Waals surface area contributed by atoms with Gasteiger partial charge in [-0.1, -0.05) is 12.1 Å². The third kappa shape index (κ3) is 2.23. The fourth-order valence-corrected chi connectivity index (χ4v) is 3.04. The van der Waals surface area contributed by atoms with Gasteiger partial charge in [-0.05, 0) is 44.0 Å². The van der Waals surface area contributed by atoms with Gasteiger partial charge in [0.05, 0.1) is 11.0 Å². The molecule has 1 aromatic carbocycles. The molecule has 0 amide bonds. The molecule has 1 aliphatic heterocycles. The van der Waals surface area contributed by atoms with E-state index in [0.29, 0.717) is 17.4 Å². The highest BCUT2D eigenvalue weighted by Crippen LogP contribution is 2.19. The second-order valence-corrected chi connectivity index (χ2v) is 5.71. The Hall–Kier alpha value is -2.41. The Kier molecular flexibility index (Phi) is 3.27. The van der Waals surface area contributed by atoms with Gasteiger partial charge >= 0.3 is 5.69 Å². The molecule has 0 atom stereocenters. The van der Waals surface area contributed by atoms with Crippen LogP contribution < -0.4 is 16.3 Å². The molecule has 0 saturated carbocycles. The lowest BCUT2D eigenvalue weighted by Crippen LogP contribution is -2.31. The molecular weight excluding hydrogens is 280 g/mol. The summed E-state index contributed by atoms with van der Waals surface area (Å²) in [5.41, 5.74) is 1.87. The first-order valence-corrected chi connectivity index (χ1v) is 7.63. The number of nitrogens with one attached hydrogen (secondary N) is 3. The highest BCUT2D eigenvalue weighted by atomic mass is 16.1. The SMILES string of the molecule is O=c1[nH]nc2c(NCC3CCNCC3)nc3ccccc3n12. The minimum absolute atomic E-state index is 0.237. The van der Waals surface area contributed by atoms with Crippen molar-refractivity contribution in [3.63, 3.8) is 0 Å². The van der Waals surface area contributed by atoms with Gasteiger partial charge in [0.2, 0.25) is 5.65 Å². The van der Waals surface area contributed by atoms with Gasteiger partial charge in [-0.15, -0.1) is 5.10 Å². The zero-order chi connectivity index (χ0) is 14.9. The van der Waals surface area contributed by atoms with Crippen LogP contribution in [0.3, 0.4) is 0 Å². The van der Waals surface area contributed by atoms with Crippen LogP contribution in [-0.4, -0.2) is 39.2 Å². The second-order valence-electron chi connectivity index (χ2n) is 5.71. The normalized spacial score (nSPS) is 16.4. The van der Waals surface area contributed by atoms with Crippen molar-refractivity contribution >= 4 is 22.5 Å². The summed E-state index contributed by atoms with van der Waals surface area (Å²) in [4.78, 5) is 16.7. The Morgan fingerprint density at radius 2 is 2.09 bits per heavy atom. The molecule has 22 heavy (non-hydrogen) atoms. The van der Waals surface area contributed by atoms with Crippen molar-refractivity contribution in [3.8, 4) is 0 Å². The number of aromatic amines is 1. The summed E-state index contributed by atoms with van der Waals surface area (Å²) >= 11 is 0. The molecule has 0 spiro atoms. The summed E-state index contributed by atoms with van der Waals surface area (Å²) in [6.45, 7) is 2.98. The fraction of sp³-hybridized carbons (Fsp3) is 0.400. The molecule has 3 heterocycles. The maximum atomic E-state index is 12.0. The van der Waals surface area contributed by atoms with E-state index in [1.165, 1.54) is 0 Å². The number of para-hydroxylation sites is 2. The number of benzene rings is 1. The monoisotopic (exact) mass is 298 g/mol. The summed E-state index contributed by atoms with van der Waals surface area (Å²) < 4.78 is 1.58. The number of nitrogens with zero attached hydrogens (tertiary/aromatic N) is 3. The smallest absolute Gasteiger partial charge is 0.348 e. The number of hydrogen-bond donors (Lipinski definition) is 3. The van der Waals surface area contributed by atoms with Crippen molar-refractivity contribution in [1.29, 1.82) is 0 Å². The molecule has 1 saturated heterocycles. The van der Waals surface area contributed by atoms with Crippen LogP contribution in [0.2, 0.25) is 0 Å². The van der Waals surface area contributed by atoms with Gasteiger partial charge in [0.1, 0.15) is 0 Å². The van der Waals surface area contributed by atoms with E-state index >= 15 is 0 Å². The predicted octanol–water partition coefficient (Wildman–Crippen LogP) is 0.982. The highest BCUT2D eigenvalue weighted by molar-refractivity contribution is 5.82. The second kappa shape index (κ2) is 5.42. The van der Waals surface area contributed by atoms with Crippen molar-refractivity contribution in [3.05, 3.63) is 34.7 Å². The van der Waals surface area contributed by atoms with Crippen LogP contribution in [0.4, 0.5) is 5.82 Å². The predicted molar refractivity (Wildman–Crippen MR) is 85.2 cm³/mol. The molecule has 3 N–H and O–H groups in total. The van der Waals surface area contributed by atoms with E-state index in [2.05, 4.69) is 25.8 Å². The van der Waals surface area contributed by atoms with Crippen molar-refractivity contribution in [2.45, 2.75) is 12.8 Å². The minimum atomic E-state index is -0.237. The zero-order valence-electron chi connectivity index (χ0n) is 12.2. The van der Waals surface area contributed by atoms with Gasteiger partial charge < -0.3 is 10.6 Å². The quantitative estimate of drug-likeness (QED) is 0.671. The minimum Gasteiger partial charge on any atom is -0.367 e. The number of hydrogen-bond acceptors (Lipinski definition) is 5. The van der Waals surface area contributed by atoms with Crippen LogP contribution in [0.5, 0.6) is 0 Å². The summed E-state index contributed by atoms with van der Waals surface area (Å²) in [5.74, 6) is 1.29. The molecule has 4 rings (SSSR count). The van der Waals surface area contributed by atoms with E-state index in [4.69, 9.17) is 0 Å². The van der Waals surface area contributed by atoms with Crippen molar-refractivity contribution < 1.29 is 0 Å². The van der Waals surface area contributed by atoms with E-state index < -0.39 is 0 Å². The molecule has 7 nitrogen and oxygen atoms in total. The summed E-state index contributed by atoms with van der Waals surface area (Å²) in [6, 6.07) is 7.60. The number of aromatic nitrogens is 4. The lowest BCUT2D eigenvalue weighted by atomic mass is 9.98. The van der Waals surface area contributed by atoms with Crippen LogP contribution in [-0.2, 0) is 0 Å². The Labute approximate surface area is 126 Å². The average Bonchev–Trinajstić information content (AvgIpc) is 2.96. The van der Waals surface area contributed by atoms with Gasteiger partial charge in [-0.3, -0.25) is 0 Å². The molecule has 0 radical (unpaired) electrons. The molecule has 0 bridgehead atoms. The van der Waals surface area contributed by atoms with E-state index in [0.717, 1.165) is 43.5 Å². The maximum absolute atomic E-state index is 12.0. The number of H-pyrrole nitrogens is 1. The molecule has 7 heteroatoms. The first-order valence-electron chi connectivity index (χ1n) is 7.63. The molecule has 1 fully saturated rings. The molecule has 0 aliphatic carbocycles. The number of anilines is 1. The van der Waals surface area contributed by atoms with Crippen LogP contribution >= 0.6 is 0 Å². The molecule has 114 valence electrons. The molecule has 3 aromatic rings. The maximum Gasteiger partial charge on any atom is 0.348 e. The number of fused-ring (bicyclic) bond motifs is 3. The average molecular weight is 298 g/mol. The van der Waals surface area contributed by atoms with Gasteiger partial charge in [0, 0.05) is 6.54 Å². The van der Waals surface area contributed by atoms with Crippen molar-refractivity contribution in [2.75, 3.05) is 25.0 Å². The van der Waals surface area contributed by atoms with Crippen LogP contribution in [0.15, 0.2) is 29.1 Å². The number of piperidine rings is 1. The molecule has 0 unspecified atom stereocenters. The summed E-state index contributed by atoms with van der Waals surface area (Å²) in [7, 11) is 0. The van der Waals surface area contributed by atoms with Gasteiger partial charge in [-0.2, -0.15) is 0 Å². The van der Waals surface area contributed by atoms with Crippen LogP contribution in [0.25, 0.3) is 16.7 Å². The van der Waals surface area contributed by atoms with E-state index in [1.807, 2.05) is 24.3 Å². The molecular formula is C15H18N6O. The standard InChI is InChI=1S/C15H18N6O/c22-15-20-19-14-13(17-9-10-5-7-16-8-6-10)18-11-3-1-2-4-12(11)21(14)15/h1-4,10,16H,5-9H2,(H,17,18)(H,20,22). The van der Waals surface area contributed by atoms with Crippen LogP contribution in [0.1, 0.15) is 12.8 Å². The Bertz CT molecular complexity index is 861. The highest BCUT2D eigenvalue weighted by Gasteiger charge is 2.16. The largest absolute Gasteiger partial charge is 0.367 e. The van der Waals surface area contributed by atoms with Gasteiger partial charge in [0.25, 0.3) is 0 Å². The third-order valence-electron chi connectivity index (χ3n) is 4.26. The third-order valence-corrected chi connectivity index (χ3v) is 4.26. The number of rotatable bonds is 3. The lowest BCUT2D eigenvalue weighted by Gasteiger charge is -2.23. The lowest BCUT2D eigenvalue weighted by molar-refractivity contribution is 0.389. The summed E-state index contributed by atoms with van der Waals surface area (Å²) in [6.07, 6.45) is 2.31. The first kappa shape index (κ1) is 13.3. The van der Waals surface area contributed by atoms with Crippen molar-refractivity contribution in [2.24, 2.45) is 5.92 Å². The fourth-order valence-electron chi connectivity index (χ4n) is 3.04. The van der Waals surface area contributed by atoms with Gasteiger partial charge in [-0.25, -0.2) is 19.3 Å². The van der Waals surface area contributed by atoms with E-state index in [-0.39, 0.29) is 5.69 Å². The topological polar surface area (TPSA) is 87.1 Å². The van der Waals surface area contributed by atoms with E-state index in [9.17, 15) is 4.79 Å². The molecule has 1 aliphatic rings. The first-order chi connectivity index (χ1) is 10.8. The molecule has 2 aromatic heterocycles. The Morgan fingerprint density at radius 3 is 2.95 bits per heavy atom. The van der Waals surface area contributed by atoms with E-state index in [1.54, 1.807) is 4.40 Å². The Balaban J connectivity index is 1.74. The van der Waals surface area contributed by atoms with Crippen molar-refractivity contribution in [1.82, 2.24) is 24.9 Å². The Morgan fingerprint density at radius 1 is 1.27 bits per heavy atom. The van der Waals surface area contributed by atoms with Crippen LogP contribution in [0, 0.1) is 5.92 Å².